The van der Waals surface area contributed by atoms with E-state index in [-0.39, 0.29) is 30.2 Å². The van der Waals surface area contributed by atoms with Gasteiger partial charge in [-0.3, -0.25) is 6.08 Å². The summed E-state index contributed by atoms with van der Waals surface area (Å²) in [6.45, 7) is 8.44. The Morgan fingerprint density at radius 3 is 1.64 bits per heavy atom. The van der Waals surface area contributed by atoms with Gasteiger partial charge < -0.3 is 5.11 Å². The molecule has 1 aliphatic carbocycles. The molecule has 0 unspecified atom stereocenters. The zero-order valence-corrected chi connectivity index (χ0v) is 22.9. The van der Waals surface area contributed by atoms with Crippen LogP contribution in [0, 0.1) is 6.08 Å². The van der Waals surface area contributed by atoms with Gasteiger partial charge in [0.05, 0.1) is 0 Å². The minimum atomic E-state index is 0. The van der Waals surface area contributed by atoms with Crippen molar-refractivity contribution < 1.29 is 25.1 Å². The zero-order valence-electron chi connectivity index (χ0n) is 19.7. The monoisotopic (exact) mass is 515 g/mol. The summed E-state index contributed by atoms with van der Waals surface area (Å²) >= 11 is 2.16. The van der Waals surface area contributed by atoms with Crippen molar-refractivity contribution >= 4 is 28.6 Å². The Bertz CT molecular complexity index is 976. The second-order valence-corrected chi connectivity index (χ2v) is 9.15. The Hall–Kier alpha value is -1.90. The zero-order chi connectivity index (χ0) is 22.7. The normalized spacial score (nSPS) is 11.4. The molecule has 0 amide bonds. The molecule has 0 aliphatic heterocycles. The molecule has 1 aliphatic rings. The number of halogens is 2. The summed E-state index contributed by atoms with van der Waals surface area (Å²) < 4.78 is 1.33. The van der Waals surface area contributed by atoms with Gasteiger partial charge in [-0.2, -0.15) is 6.08 Å². The third kappa shape index (κ3) is 11.7. The number of hydrogen-bond acceptors (Lipinski definition) is 1. The number of hydrogen-bond donors (Lipinski definition) is 1. The van der Waals surface area contributed by atoms with E-state index in [9.17, 15) is 5.11 Å². The molecule has 4 heteroatoms. The second-order valence-electron chi connectivity index (χ2n) is 8.37. The van der Waals surface area contributed by atoms with Crippen LogP contribution in [0.3, 0.4) is 0 Å². The van der Waals surface area contributed by atoms with Crippen LogP contribution in [0.2, 0.25) is 0 Å². The molecular formula is C29H33Cl2OTi. The molecule has 3 aromatic carbocycles. The van der Waals surface area contributed by atoms with Crippen LogP contribution in [0.4, 0.5) is 0 Å². The number of phenolic OH excluding ortho intramolecular Hbond substituents is 1. The van der Waals surface area contributed by atoms with Crippen molar-refractivity contribution in [1.82, 2.24) is 0 Å². The molecule has 1 nitrogen and oxygen atoms in total. The summed E-state index contributed by atoms with van der Waals surface area (Å²) in [5.41, 5.74) is 5.14. The fraction of sp³-hybridized carbons (Fsp3) is 0.207. The molecule has 1 N–H and O–H groups in total. The van der Waals surface area contributed by atoms with Gasteiger partial charge in [-0.25, -0.2) is 11.6 Å². The summed E-state index contributed by atoms with van der Waals surface area (Å²) in [6, 6.07) is 28.3. The van der Waals surface area contributed by atoms with Gasteiger partial charge in [-0.1, -0.05) is 39.8 Å². The predicted molar refractivity (Wildman–Crippen MR) is 144 cm³/mol. The van der Waals surface area contributed by atoms with E-state index in [0.29, 0.717) is 5.75 Å². The van der Waals surface area contributed by atoms with E-state index < -0.39 is 0 Å². The molecule has 0 saturated heterocycles. The Labute approximate surface area is 223 Å². The summed E-state index contributed by atoms with van der Waals surface area (Å²) in [5, 5.41) is 9.18. The fourth-order valence-electron chi connectivity index (χ4n) is 2.86. The first-order valence-corrected chi connectivity index (χ1v) is 11.3. The molecule has 0 atom stereocenters. The quantitative estimate of drug-likeness (QED) is 0.270. The van der Waals surface area contributed by atoms with Gasteiger partial charge in [0.2, 0.25) is 0 Å². The van der Waals surface area contributed by atoms with E-state index in [1.807, 2.05) is 24.3 Å². The SMILES string of the molecule is CC(C)(C)c1cccc(O)c1.CC1=[C-]CC=C1.Cl.Cl.[Ti+]=[C](c1ccccc1)c1ccccc1. The van der Waals surface area contributed by atoms with Crippen LogP contribution in [0.15, 0.2) is 103 Å². The fourth-order valence-corrected chi connectivity index (χ4v) is 3.38. The molecule has 4 rings (SSSR count). The molecular weight excluding hydrogens is 483 g/mol. The Kier molecular flexibility index (Phi) is 14.9. The first-order chi connectivity index (χ1) is 14.8. The third-order valence-electron chi connectivity index (χ3n) is 4.70. The van der Waals surface area contributed by atoms with Crippen molar-refractivity contribution in [2.75, 3.05) is 0 Å². The Balaban J connectivity index is 0.000000484. The van der Waals surface area contributed by atoms with Crippen LogP contribution < -0.4 is 0 Å². The molecule has 0 aromatic heterocycles. The average Bonchev–Trinajstić information content (AvgIpc) is 3.26. The van der Waals surface area contributed by atoms with Gasteiger partial charge in [0.25, 0.3) is 0 Å². The van der Waals surface area contributed by atoms with E-state index in [4.69, 9.17) is 0 Å². The van der Waals surface area contributed by atoms with Crippen LogP contribution in [0.25, 0.3) is 0 Å². The molecule has 0 saturated carbocycles. The van der Waals surface area contributed by atoms with Gasteiger partial charge in [0.15, 0.2) is 0 Å². The first-order valence-electron chi connectivity index (χ1n) is 10.5. The number of phenols is 1. The van der Waals surface area contributed by atoms with Gasteiger partial charge in [-0.15, -0.1) is 31.2 Å². The third-order valence-corrected chi connectivity index (χ3v) is 5.61. The molecule has 3 aromatic rings. The van der Waals surface area contributed by atoms with E-state index in [2.05, 4.69) is 114 Å². The van der Waals surface area contributed by atoms with Gasteiger partial charge >= 0.3 is 95.6 Å². The molecule has 0 radical (unpaired) electrons. The van der Waals surface area contributed by atoms with Crippen LogP contribution >= 0.6 is 24.8 Å². The van der Waals surface area contributed by atoms with Crippen molar-refractivity contribution in [2.45, 2.75) is 39.5 Å². The number of allylic oxidation sites excluding steroid dienone is 4. The Morgan fingerprint density at radius 1 is 0.818 bits per heavy atom. The molecule has 173 valence electrons. The van der Waals surface area contributed by atoms with Crippen LogP contribution in [0.1, 0.15) is 50.8 Å². The van der Waals surface area contributed by atoms with Crippen molar-refractivity contribution in [1.29, 1.82) is 0 Å². The van der Waals surface area contributed by atoms with Crippen LogP contribution in [-0.2, 0) is 25.4 Å². The summed E-state index contributed by atoms with van der Waals surface area (Å²) in [7, 11) is 0. The van der Waals surface area contributed by atoms with Crippen molar-refractivity contribution in [3.8, 4) is 5.75 Å². The van der Waals surface area contributed by atoms with E-state index in [1.165, 1.54) is 20.5 Å². The molecule has 33 heavy (non-hydrogen) atoms. The molecule has 0 heterocycles. The van der Waals surface area contributed by atoms with Gasteiger partial charge in [-0.05, 0) is 23.1 Å². The summed E-state index contributed by atoms with van der Waals surface area (Å²) in [6.07, 6.45) is 8.33. The first kappa shape index (κ1) is 31.1. The minimum absolute atomic E-state index is 0. The van der Waals surface area contributed by atoms with E-state index in [0.717, 1.165) is 12.0 Å². The number of benzene rings is 3. The molecule has 0 spiro atoms. The average molecular weight is 516 g/mol. The van der Waals surface area contributed by atoms with Gasteiger partial charge in [0, 0.05) is 0 Å². The van der Waals surface area contributed by atoms with Crippen molar-refractivity contribution in [2.24, 2.45) is 0 Å². The number of aromatic hydroxyl groups is 1. The van der Waals surface area contributed by atoms with E-state index in [1.54, 1.807) is 12.1 Å². The summed E-state index contributed by atoms with van der Waals surface area (Å²) in [4.78, 5) is 0. The maximum atomic E-state index is 9.18. The van der Waals surface area contributed by atoms with Crippen LogP contribution in [-0.4, -0.2) is 8.92 Å². The summed E-state index contributed by atoms with van der Waals surface area (Å²) in [5.74, 6) is 0.345. The van der Waals surface area contributed by atoms with Crippen LogP contribution in [0.5, 0.6) is 5.75 Å². The van der Waals surface area contributed by atoms with Gasteiger partial charge in [0.1, 0.15) is 5.75 Å². The van der Waals surface area contributed by atoms with E-state index >= 15 is 0 Å². The number of rotatable bonds is 2. The standard InChI is InChI=1S/C13H10.C10H14O.C6H7.2ClH.Ti/c1-3-7-12(8-4-1)11-13-9-5-2-6-10-13;1-10(2,3)8-5-4-6-9(11)7-8;1-6-4-2-3-5-6;;;/h1-10H;4-7,11H,1-3H3;2,4H,3H2,1H3;2*1H;/q;;-1;;;+1. The second kappa shape index (κ2) is 15.9. The topological polar surface area (TPSA) is 20.2 Å². The molecule has 0 fully saturated rings. The van der Waals surface area contributed by atoms with Crippen molar-refractivity contribution in [3.05, 3.63) is 125 Å². The maximum absolute atomic E-state index is 9.18. The Morgan fingerprint density at radius 2 is 1.33 bits per heavy atom. The van der Waals surface area contributed by atoms with Crippen molar-refractivity contribution in [3.63, 3.8) is 0 Å². The predicted octanol–water partition coefficient (Wildman–Crippen LogP) is 8.03. The molecule has 0 bridgehead atoms.